The van der Waals surface area contributed by atoms with Crippen molar-refractivity contribution in [3.63, 3.8) is 0 Å². The fourth-order valence-corrected chi connectivity index (χ4v) is 2.24. The molecule has 2 rings (SSSR count). The average molecular weight is 294 g/mol. The zero-order valence-corrected chi connectivity index (χ0v) is 12.3. The molecule has 1 amide bonds. The summed E-state index contributed by atoms with van der Waals surface area (Å²) >= 11 is 0. The zero-order valence-electron chi connectivity index (χ0n) is 12.3. The molecule has 1 aliphatic heterocycles. The van der Waals surface area contributed by atoms with Gasteiger partial charge in [0.2, 0.25) is 0 Å². The number of carbonyl (C=O) groups excluding carboxylic acids is 3. The number of ketones is 1. The van der Waals surface area contributed by atoms with Crippen LogP contribution in [0.15, 0.2) is 12.3 Å². The van der Waals surface area contributed by atoms with Gasteiger partial charge in [0.05, 0.1) is 20.3 Å². The highest BCUT2D eigenvalue weighted by molar-refractivity contribution is 5.99. The van der Waals surface area contributed by atoms with Gasteiger partial charge in [0.1, 0.15) is 5.69 Å². The summed E-state index contributed by atoms with van der Waals surface area (Å²) in [6.07, 6.45) is 0.855. The van der Waals surface area contributed by atoms with Gasteiger partial charge in [-0.2, -0.15) is 0 Å². The van der Waals surface area contributed by atoms with E-state index < -0.39 is 12.1 Å². The number of rotatable bonds is 3. The van der Waals surface area contributed by atoms with Crippen molar-refractivity contribution < 1.29 is 23.9 Å². The highest BCUT2D eigenvalue weighted by Gasteiger charge is 2.31. The van der Waals surface area contributed by atoms with E-state index in [2.05, 4.69) is 4.74 Å². The normalized spacial score (nSPS) is 18.4. The number of ether oxygens (including phenoxy) is 2. The molecule has 1 aliphatic rings. The van der Waals surface area contributed by atoms with E-state index in [4.69, 9.17) is 4.74 Å². The van der Waals surface area contributed by atoms with E-state index in [1.54, 1.807) is 23.9 Å². The Labute approximate surface area is 122 Å². The number of methoxy groups -OCH3 is 1. The van der Waals surface area contributed by atoms with Crippen LogP contribution in [0.5, 0.6) is 0 Å². The number of carbonyl (C=O) groups is 3. The summed E-state index contributed by atoms with van der Waals surface area (Å²) < 4.78 is 11.5. The second-order valence-electron chi connectivity index (χ2n) is 4.91. The SMILES string of the molecule is COC(=O)C1CN(C(=O)c2cc(C(C)=O)cn2C)CCO1. The molecule has 0 aromatic carbocycles. The topological polar surface area (TPSA) is 77.8 Å². The predicted molar refractivity (Wildman–Crippen MR) is 73.1 cm³/mol. The second kappa shape index (κ2) is 6.09. The maximum Gasteiger partial charge on any atom is 0.336 e. The molecular weight excluding hydrogens is 276 g/mol. The van der Waals surface area contributed by atoms with Gasteiger partial charge in [-0.15, -0.1) is 0 Å². The third-order valence-corrected chi connectivity index (χ3v) is 3.45. The molecule has 0 radical (unpaired) electrons. The number of hydrogen-bond acceptors (Lipinski definition) is 5. The van der Waals surface area contributed by atoms with Crippen molar-refractivity contribution in [2.24, 2.45) is 7.05 Å². The van der Waals surface area contributed by atoms with E-state index >= 15 is 0 Å². The highest BCUT2D eigenvalue weighted by Crippen LogP contribution is 2.14. The van der Waals surface area contributed by atoms with Crippen LogP contribution in [0.4, 0.5) is 0 Å². The lowest BCUT2D eigenvalue weighted by molar-refractivity contribution is -0.158. The van der Waals surface area contributed by atoms with Crippen molar-refractivity contribution in [1.82, 2.24) is 9.47 Å². The molecule has 0 spiro atoms. The van der Waals surface area contributed by atoms with Crippen molar-refractivity contribution in [2.75, 3.05) is 26.8 Å². The van der Waals surface area contributed by atoms with Gasteiger partial charge in [-0.05, 0) is 13.0 Å². The third-order valence-electron chi connectivity index (χ3n) is 3.45. The van der Waals surface area contributed by atoms with Crippen molar-refractivity contribution in [3.8, 4) is 0 Å². The number of morpholine rings is 1. The van der Waals surface area contributed by atoms with E-state index in [0.29, 0.717) is 17.8 Å². The lowest BCUT2D eigenvalue weighted by atomic mass is 10.2. The molecule has 0 aliphatic carbocycles. The van der Waals surface area contributed by atoms with Crippen LogP contribution in [0.1, 0.15) is 27.8 Å². The summed E-state index contributed by atoms with van der Waals surface area (Å²) in [4.78, 5) is 36.9. The van der Waals surface area contributed by atoms with Crippen molar-refractivity contribution in [3.05, 3.63) is 23.5 Å². The minimum Gasteiger partial charge on any atom is -0.467 e. The first-order valence-corrected chi connectivity index (χ1v) is 6.60. The van der Waals surface area contributed by atoms with Crippen LogP contribution in [-0.2, 0) is 21.3 Å². The molecule has 1 atom stereocenters. The predicted octanol–water partition coefficient (Wildman–Crippen LogP) is 0.242. The molecular formula is C14H18N2O5. The molecule has 1 aromatic heterocycles. The Morgan fingerprint density at radius 2 is 2.10 bits per heavy atom. The minimum atomic E-state index is -0.764. The number of nitrogens with zero attached hydrogens (tertiary/aromatic N) is 2. The molecule has 7 nitrogen and oxygen atoms in total. The Morgan fingerprint density at radius 1 is 1.38 bits per heavy atom. The number of hydrogen-bond donors (Lipinski definition) is 0. The van der Waals surface area contributed by atoms with Gasteiger partial charge in [-0.25, -0.2) is 4.79 Å². The average Bonchev–Trinajstić information content (AvgIpc) is 2.88. The zero-order chi connectivity index (χ0) is 15.6. The molecule has 1 saturated heterocycles. The molecule has 1 aromatic rings. The molecule has 1 unspecified atom stereocenters. The first-order valence-electron chi connectivity index (χ1n) is 6.60. The van der Waals surface area contributed by atoms with Crippen LogP contribution in [0.2, 0.25) is 0 Å². The number of Topliss-reactive ketones (excluding diaryl/α,β-unsaturated/α-hetero) is 1. The van der Waals surface area contributed by atoms with Gasteiger partial charge in [-0.3, -0.25) is 9.59 Å². The molecule has 114 valence electrons. The lowest BCUT2D eigenvalue weighted by Gasteiger charge is -2.31. The highest BCUT2D eigenvalue weighted by atomic mass is 16.6. The van der Waals surface area contributed by atoms with Crippen LogP contribution in [0.25, 0.3) is 0 Å². The largest absolute Gasteiger partial charge is 0.467 e. The molecule has 2 heterocycles. The van der Waals surface area contributed by atoms with E-state index in [9.17, 15) is 14.4 Å². The quantitative estimate of drug-likeness (QED) is 0.589. The first kappa shape index (κ1) is 15.2. The maximum atomic E-state index is 12.5. The summed E-state index contributed by atoms with van der Waals surface area (Å²) in [6, 6.07) is 1.56. The van der Waals surface area contributed by atoms with E-state index in [1.165, 1.54) is 18.9 Å². The molecule has 1 fully saturated rings. The van der Waals surface area contributed by atoms with E-state index in [-0.39, 0.29) is 24.8 Å². The Bertz CT molecular complexity index is 578. The Hall–Kier alpha value is -2.15. The summed E-state index contributed by atoms with van der Waals surface area (Å²) in [6.45, 7) is 2.26. The fourth-order valence-electron chi connectivity index (χ4n) is 2.24. The van der Waals surface area contributed by atoms with Gasteiger partial charge >= 0.3 is 5.97 Å². The van der Waals surface area contributed by atoms with Gasteiger partial charge in [-0.1, -0.05) is 0 Å². The number of esters is 1. The Kier molecular flexibility index (Phi) is 4.42. The van der Waals surface area contributed by atoms with Crippen molar-refractivity contribution >= 4 is 17.7 Å². The van der Waals surface area contributed by atoms with Crippen LogP contribution >= 0.6 is 0 Å². The van der Waals surface area contributed by atoms with E-state index in [1.807, 2.05) is 0 Å². The molecule has 21 heavy (non-hydrogen) atoms. The minimum absolute atomic E-state index is 0.0981. The smallest absolute Gasteiger partial charge is 0.336 e. The summed E-state index contributed by atoms with van der Waals surface area (Å²) in [5.41, 5.74) is 0.893. The monoisotopic (exact) mass is 294 g/mol. The first-order chi connectivity index (χ1) is 9.93. The molecule has 0 saturated carbocycles. The Balaban J connectivity index is 2.16. The van der Waals surface area contributed by atoms with E-state index in [0.717, 1.165) is 0 Å². The number of aromatic nitrogens is 1. The third kappa shape index (κ3) is 3.13. The summed E-state index contributed by atoms with van der Waals surface area (Å²) in [7, 11) is 2.99. The van der Waals surface area contributed by atoms with Crippen LogP contribution in [0, 0.1) is 0 Å². The molecule has 7 heteroatoms. The second-order valence-corrected chi connectivity index (χ2v) is 4.91. The van der Waals surface area contributed by atoms with Crippen LogP contribution in [-0.4, -0.2) is 60.0 Å². The number of amides is 1. The molecule has 0 bridgehead atoms. The van der Waals surface area contributed by atoms with Crippen LogP contribution < -0.4 is 0 Å². The lowest BCUT2D eigenvalue weighted by Crippen LogP contribution is -2.49. The van der Waals surface area contributed by atoms with Gasteiger partial charge in [0.25, 0.3) is 5.91 Å². The molecule has 0 N–H and O–H groups in total. The van der Waals surface area contributed by atoms with Crippen molar-refractivity contribution in [2.45, 2.75) is 13.0 Å². The standard InChI is InChI=1S/C14H18N2O5/c1-9(17)10-6-11(15(2)7-10)13(18)16-4-5-21-12(8-16)14(19)20-3/h6-7,12H,4-5,8H2,1-3H3. The van der Waals surface area contributed by atoms with Gasteiger partial charge < -0.3 is 18.9 Å². The van der Waals surface area contributed by atoms with Gasteiger partial charge in [0, 0.05) is 25.4 Å². The van der Waals surface area contributed by atoms with Crippen molar-refractivity contribution in [1.29, 1.82) is 0 Å². The number of aryl methyl sites for hydroxylation is 1. The maximum absolute atomic E-state index is 12.5. The summed E-state index contributed by atoms with van der Waals surface area (Å²) in [5, 5.41) is 0. The summed E-state index contributed by atoms with van der Waals surface area (Å²) in [5.74, 6) is -0.829. The van der Waals surface area contributed by atoms with Gasteiger partial charge in [0.15, 0.2) is 11.9 Å². The fraction of sp³-hybridized carbons (Fsp3) is 0.500. The van der Waals surface area contributed by atoms with Crippen LogP contribution in [0.3, 0.4) is 0 Å². The Morgan fingerprint density at radius 3 is 2.67 bits per heavy atom.